The van der Waals surface area contributed by atoms with E-state index < -0.39 is 5.97 Å². The average Bonchev–Trinajstić information content (AvgIpc) is 2.99. The van der Waals surface area contributed by atoms with E-state index in [0.717, 1.165) is 29.8 Å². The molecule has 7 nitrogen and oxygen atoms in total. The van der Waals surface area contributed by atoms with Gasteiger partial charge in [-0.05, 0) is 50.5 Å². The smallest absolute Gasteiger partial charge is 0.305 e. The lowest BCUT2D eigenvalue weighted by Gasteiger charge is -2.34. The minimum Gasteiger partial charge on any atom is -0.481 e. The van der Waals surface area contributed by atoms with Gasteiger partial charge in [0, 0.05) is 37.1 Å². The molecule has 3 rings (SSSR count). The van der Waals surface area contributed by atoms with Crippen molar-refractivity contribution in [2.24, 2.45) is 0 Å². The number of amides is 1. The van der Waals surface area contributed by atoms with Gasteiger partial charge in [-0.2, -0.15) is 5.10 Å². The van der Waals surface area contributed by atoms with Crippen molar-refractivity contribution in [2.45, 2.75) is 45.7 Å². The third-order valence-corrected chi connectivity index (χ3v) is 5.07. The molecule has 150 valence electrons. The highest BCUT2D eigenvalue weighted by molar-refractivity contribution is 5.94. The van der Waals surface area contributed by atoms with Crippen LogP contribution in [0.2, 0.25) is 0 Å². The number of hydrogen-bond acceptors (Lipinski definition) is 4. The normalized spacial score (nSPS) is 14.8. The zero-order valence-electron chi connectivity index (χ0n) is 16.4. The molecule has 0 spiro atoms. The Morgan fingerprint density at radius 2 is 2.00 bits per heavy atom. The van der Waals surface area contributed by atoms with Crippen molar-refractivity contribution in [3.63, 3.8) is 0 Å². The van der Waals surface area contributed by atoms with Crippen LogP contribution in [-0.2, 0) is 16.1 Å². The van der Waals surface area contributed by atoms with Gasteiger partial charge in [0.2, 0.25) is 0 Å². The highest BCUT2D eigenvalue weighted by Gasteiger charge is 2.27. The van der Waals surface area contributed by atoms with Gasteiger partial charge in [-0.25, -0.2) is 0 Å². The SMILES string of the molecule is Cc1cc(C)n(Cc2cccc(C(=O)N(CCC(=O)O)C3CCOCC3)c2)n1. The Morgan fingerprint density at radius 1 is 1.25 bits per heavy atom. The molecule has 1 aliphatic rings. The number of ether oxygens (including phenoxy) is 1. The lowest BCUT2D eigenvalue weighted by atomic mass is 10.0. The van der Waals surface area contributed by atoms with E-state index in [2.05, 4.69) is 5.10 Å². The predicted molar refractivity (Wildman–Crippen MR) is 104 cm³/mol. The van der Waals surface area contributed by atoms with Gasteiger partial charge in [0.25, 0.3) is 5.91 Å². The minimum absolute atomic E-state index is 0.0141. The molecule has 1 aromatic heterocycles. The Labute approximate surface area is 164 Å². The molecule has 1 fully saturated rings. The van der Waals surface area contributed by atoms with E-state index >= 15 is 0 Å². The minimum atomic E-state index is -0.900. The molecular formula is C21H27N3O4. The van der Waals surface area contributed by atoms with E-state index in [1.54, 1.807) is 11.0 Å². The molecule has 1 aromatic carbocycles. The van der Waals surface area contributed by atoms with Gasteiger partial charge in [0.05, 0.1) is 18.7 Å². The van der Waals surface area contributed by atoms with Gasteiger partial charge in [0.1, 0.15) is 0 Å². The summed E-state index contributed by atoms with van der Waals surface area (Å²) in [4.78, 5) is 26.0. The lowest BCUT2D eigenvalue weighted by molar-refractivity contribution is -0.137. The molecule has 0 radical (unpaired) electrons. The topological polar surface area (TPSA) is 84.7 Å². The van der Waals surface area contributed by atoms with E-state index in [4.69, 9.17) is 9.84 Å². The van der Waals surface area contributed by atoms with Crippen LogP contribution >= 0.6 is 0 Å². The molecule has 0 atom stereocenters. The Morgan fingerprint density at radius 3 is 2.64 bits per heavy atom. The summed E-state index contributed by atoms with van der Waals surface area (Å²) in [6, 6.07) is 9.55. The zero-order chi connectivity index (χ0) is 20.1. The first-order valence-corrected chi connectivity index (χ1v) is 9.64. The Hall–Kier alpha value is -2.67. The third kappa shape index (κ3) is 4.98. The Kier molecular flexibility index (Phi) is 6.46. The molecule has 2 heterocycles. The summed E-state index contributed by atoms with van der Waals surface area (Å²) in [6.07, 6.45) is 1.40. The second-order valence-electron chi connectivity index (χ2n) is 7.27. The van der Waals surface area contributed by atoms with Crippen LogP contribution in [0.4, 0.5) is 0 Å². The van der Waals surface area contributed by atoms with Crippen molar-refractivity contribution in [1.29, 1.82) is 0 Å². The summed E-state index contributed by atoms with van der Waals surface area (Å²) >= 11 is 0. The lowest BCUT2D eigenvalue weighted by Crippen LogP contribution is -2.44. The number of aryl methyl sites for hydroxylation is 2. The Balaban J connectivity index is 1.79. The van der Waals surface area contributed by atoms with Crippen LogP contribution in [0.25, 0.3) is 0 Å². The summed E-state index contributed by atoms with van der Waals surface area (Å²) in [7, 11) is 0. The van der Waals surface area contributed by atoms with Gasteiger partial charge < -0.3 is 14.7 Å². The maximum Gasteiger partial charge on any atom is 0.305 e. The van der Waals surface area contributed by atoms with Crippen LogP contribution in [-0.4, -0.2) is 57.5 Å². The van der Waals surface area contributed by atoms with Gasteiger partial charge >= 0.3 is 5.97 Å². The number of rotatable bonds is 7. The molecule has 1 aliphatic heterocycles. The monoisotopic (exact) mass is 385 g/mol. The summed E-state index contributed by atoms with van der Waals surface area (Å²) in [6.45, 7) is 5.96. The third-order valence-electron chi connectivity index (χ3n) is 5.07. The summed E-state index contributed by atoms with van der Waals surface area (Å²) < 4.78 is 7.31. The number of nitrogens with zero attached hydrogens (tertiary/aromatic N) is 3. The summed E-state index contributed by atoms with van der Waals surface area (Å²) in [5.74, 6) is -1.02. The fourth-order valence-corrected chi connectivity index (χ4v) is 3.64. The van der Waals surface area contributed by atoms with Gasteiger partial charge in [0.15, 0.2) is 0 Å². The molecule has 7 heteroatoms. The predicted octanol–water partition coefficient (Wildman–Crippen LogP) is 2.64. The fraction of sp³-hybridized carbons (Fsp3) is 0.476. The van der Waals surface area contributed by atoms with Crippen LogP contribution in [0, 0.1) is 13.8 Å². The van der Waals surface area contributed by atoms with Gasteiger partial charge in [-0.3, -0.25) is 14.3 Å². The summed E-state index contributed by atoms with van der Waals surface area (Å²) in [5.41, 5.74) is 3.60. The molecule has 1 saturated heterocycles. The van der Waals surface area contributed by atoms with E-state index in [9.17, 15) is 9.59 Å². The first-order chi connectivity index (χ1) is 13.4. The van der Waals surface area contributed by atoms with Gasteiger partial charge in [-0.15, -0.1) is 0 Å². The molecule has 0 aliphatic carbocycles. The second-order valence-corrected chi connectivity index (χ2v) is 7.27. The van der Waals surface area contributed by atoms with E-state index in [1.165, 1.54) is 0 Å². The molecule has 0 saturated carbocycles. The maximum atomic E-state index is 13.2. The molecule has 28 heavy (non-hydrogen) atoms. The van der Waals surface area contributed by atoms with E-state index in [0.29, 0.717) is 25.3 Å². The first kappa shape index (κ1) is 20.1. The zero-order valence-corrected chi connectivity index (χ0v) is 16.4. The highest BCUT2D eigenvalue weighted by atomic mass is 16.5. The molecular weight excluding hydrogens is 358 g/mol. The number of carboxylic acids is 1. The quantitative estimate of drug-likeness (QED) is 0.792. The largest absolute Gasteiger partial charge is 0.481 e. The highest BCUT2D eigenvalue weighted by Crippen LogP contribution is 2.19. The van der Waals surface area contributed by atoms with Crippen LogP contribution in [0.5, 0.6) is 0 Å². The van der Waals surface area contributed by atoms with Crippen molar-refractivity contribution in [3.8, 4) is 0 Å². The first-order valence-electron chi connectivity index (χ1n) is 9.64. The fourth-order valence-electron chi connectivity index (χ4n) is 3.64. The number of aromatic nitrogens is 2. The number of aliphatic carboxylic acids is 1. The van der Waals surface area contributed by atoms with E-state index in [1.807, 2.05) is 42.8 Å². The standard InChI is InChI=1S/C21H27N3O4/c1-15-12-16(2)24(22-15)14-17-4-3-5-18(13-17)21(27)23(9-6-20(25)26)19-7-10-28-11-8-19/h3-5,12-13,19H,6-11,14H2,1-2H3,(H,25,26). The van der Waals surface area contributed by atoms with Crippen LogP contribution in [0.3, 0.4) is 0 Å². The number of benzene rings is 1. The van der Waals surface area contributed by atoms with E-state index in [-0.39, 0.29) is 24.9 Å². The Bertz CT molecular complexity index is 840. The molecule has 1 N–H and O–H groups in total. The van der Waals surface area contributed by atoms with Gasteiger partial charge in [-0.1, -0.05) is 12.1 Å². The number of hydrogen-bond donors (Lipinski definition) is 1. The molecule has 2 aromatic rings. The summed E-state index contributed by atoms with van der Waals surface area (Å²) in [5, 5.41) is 13.6. The molecule has 1 amide bonds. The van der Waals surface area contributed by atoms with Crippen molar-refractivity contribution >= 4 is 11.9 Å². The maximum absolute atomic E-state index is 13.2. The second kappa shape index (κ2) is 9.01. The number of carbonyl (C=O) groups excluding carboxylic acids is 1. The van der Waals surface area contributed by atoms with Crippen molar-refractivity contribution < 1.29 is 19.4 Å². The van der Waals surface area contributed by atoms with Crippen LogP contribution < -0.4 is 0 Å². The average molecular weight is 385 g/mol. The molecule has 0 unspecified atom stereocenters. The van der Waals surface area contributed by atoms with Crippen molar-refractivity contribution in [1.82, 2.24) is 14.7 Å². The van der Waals surface area contributed by atoms with Crippen LogP contribution in [0.1, 0.15) is 46.6 Å². The van der Waals surface area contributed by atoms with Crippen LogP contribution in [0.15, 0.2) is 30.3 Å². The number of carboxylic acid groups (broad SMARTS) is 1. The number of carbonyl (C=O) groups is 2. The molecule has 0 bridgehead atoms. The van der Waals surface area contributed by atoms with Crippen molar-refractivity contribution in [3.05, 3.63) is 52.8 Å². The van der Waals surface area contributed by atoms with Crippen molar-refractivity contribution in [2.75, 3.05) is 19.8 Å².